The van der Waals surface area contributed by atoms with Crippen LogP contribution in [0.3, 0.4) is 0 Å². The summed E-state index contributed by atoms with van der Waals surface area (Å²) >= 11 is 0. The molecule has 0 aromatic carbocycles. The number of aliphatic hydroxyl groups is 1. The Morgan fingerprint density at radius 2 is 2.32 bits per heavy atom. The van der Waals surface area contributed by atoms with Crippen LogP contribution in [0.5, 0.6) is 0 Å². The number of carbonyl (C=O) groups is 1. The molecule has 1 saturated heterocycles. The summed E-state index contributed by atoms with van der Waals surface area (Å²) in [5.41, 5.74) is -1.12. The first-order valence-corrected chi connectivity index (χ1v) is 5.90. The van der Waals surface area contributed by atoms with Gasteiger partial charge in [-0.2, -0.15) is 0 Å². The summed E-state index contributed by atoms with van der Waals surface area (Å²) in [6.07, 6.45) is 0.897. The van der Waals surface area contributed by atoms with Crippen molar-refractivity contribution in [1.29, 1.82) is 0 Å². The van der Waals surface area contributed by atoms with Gasteiger partial charge in [-0.25, -0.2) is 4.79 Å². The summed E-state index contributed by atoms with van der Waals surface area (Å²) in [5, 5.41) is 9.00. The predicted octanol–water partition coefficient (Wildman–Crippen LogP) is -2.24. The Morgan fingerprint density at radius 3 is 3.00 bits per heavy atom. The zero-order valence-corrected chi connectivity index (χ0v) is 10.2. The number of nitrogens with zero attached hydrogens (tertiary/aromatic N) is 2. The van der Waals surface area contributed by atoms with Crippen molar-refractivity contribution in [3.8, 4) is 0 Å². The molecule has 1 fully saturated rings. The highest BCUT2D eigenvalue weighted by Crippen LogP contribution is 2.05. The Bertz CT molecular complexity index is 564. The Balaban J connectivity index is 2.04. The molecule has 1 aliphatic heterocycles. The summed E-state index contributed by atoms with van der Waals surface area (Å²) in [7, 11) is 0. The average Bonchev–Trinajstić information content (AvgIpc) is 2.42. The third-order valence-electron chi connectivity index (χ3n) is 2.90. The molecule has 1 atom stereocenters. The molecule has 0 spiro atoms. The van der Waals surface area contributed by atoms with E-state index in [0.717, 1.165) is 4.57 Å². The van der Waals surface area contributed by atoms with E-state index in [4.69, 9.17) is 9.84 Å². The van der Waals surface area contributed by atoms with Crippen molar-refractivity contribution in [2.24, 2.45) is 0 Å². The van der Waals surface area contributed by atoms with Crippen LogP contribution in [-0.4, -0.2) is 57.9 Å². The Hall–Kier alpha value is -1.93. The van der Waals surface area contributed by atoms with E-state index in [1.54, 1.807) is 0 Å². The zero-order chi connectivity index (χ0) is 13.8. The Kier molecular flexibility index (Phi) is 4.13. The van der Waals surface area contributed by atoms with Gasteiger partial charge in [-0.1, -0.05) is 0 Å². The number of carbonyl (C=O) groups excluding carboxylic acids is 1. The van der Waals surface area contributed by atoms with Gasteiger partial charge in [0.1, 0.15) is 6.54 Å². The third kappa shape index (κ3) is 3.30. The third-order valence-corrected chi connectivity index (χ3v) is 2.90. The number of hydrogen-bond acceptors (Lipinski definition) is 5. The number of H-pyrrole nitrogens is 1. The lowest BCUT2D eigenvalue weighted by Crippen LogP contribution is -2.48. The van der Waals surface area contributed by atoms with Crippen molar-refractivity contribution in [1.82, 2.24) is 14.5 Å². The second-order valence-corrected chi connectivity index (χ2v) is 4.25. The van der Waals surface area contributed by atoms with Gasteiger partial charge in [0.15, 0.2) is 0 Å². The fraction of sp³-hybridized carbons (Fsp3) is 0.545. The quantitative estimate of drug-likeness (QED) is 0.645. The number of ether oxygens (including phenoxy) is 1. The molecule has 1 amide bonds. The molecular weight excluding hydrogens is 254 g/mol. The molecule has 0 saturated carbocycles. The smallest absolute Gasteiger partial charge is 0.328 e. The average molecular weight is 269 g/mol. The van der Waals surface area contributed by atoms with E-state index in [1.807, 2.05) is 0 Å². The van der Waals surface area contributed by atoms with Gasteiger partial charge in [-0.15, -0.1) is 0 Å². The second-order valence-electron chi connectivity index (χ2n) is 4.25. The fourth-order valence-electron chi connectivity index (χ4n) is 1.87. The highest BCUT2D eigenvalue weighted by Gasteiger charge is 2.23. The zero-order valence-electron chi connectivity index (χ0n) is 10.2. The maximum Gasteiger partial charge on any atom is 0.328 e. The van der Waals surface area contributed by atoms with Gasteiger partial charge in [0.05, 0.1) is 19.3 Å². The number of nitrogens with one attached hydrogen (secondary N) is 1. The van der Waals surface area contributed by atoms with Crippen molar-refractivity contribution in [2.75, 3.05) is 26.3 Å². The molecule has 1 unspecified atom stereocenters. The normalized spacial score (nSPS) is 19.4. The Morgan fingerprint density at radius 1 is 1.53 bits per heavy atom. The molecule has 1 aromatic rings. The molecule has 19 heavy (non-hydrogen) atoms. The van der Waals surface area contributed by atoms with Gasteiger partial charge in [-0.3, -0.25) is 19.1 Å². The molecule has 2 heterocycles. The van der Waals surface area contributed by atoms with E-state index in [0.29, 0.717) is 19.7 Å². The molecule has 0 aliphatic carbocycles. The maximum atomic E-state index is 12.0. The van der Waals surface area contributed by atoms with Crippen LogP contribution in [0, 0.1) is 0 Å². The van der Waals surface area contributed by atoms with Gasteiger partial charge in [0.2, 0.25) is 5.91 Å². The first kappa shape index (κ1) is 13.5. The number of hydrogen-bond donors (Lipinski definition) is 2. The van der Waals surface area contributed by atoms with Gasteiger partial charge >= 0.3 is 5.69 Å². The van der Waals surface area contributed by atoms with E-state index >= 15 is 0 Å². The highest BCUT2D eigenvalue weighted by molar-refractivity contribution is 5.76. The van der Waals surface area contributed by atoms with Gasteiger partial charge in [0, 0.05) is 25.4 Å². The fourth-order valence-corrected chi connectivity index (χ4v) is 1.87. The molecule has 104 valence electrons. The number of amides is 1. The molecular formula is C11H15N3O5. The molecule has 2 N–H and O–H groups in total. The van der Waals surface area contributed by atoms with Gasteiger partial charge in [-0.05, 0) is 0 Å². The lowest BCUT2D eigenvalue weighted by Gasteiger charge is -2.32. The maximum absolute atomic E-state index is 12.0. The number of rotatable bonds is 3. The van der Waals surface area contributed by atoms with Crippen molar-refractivity contribution >= 4 is 5.91 Å². The lowest BCUT2D eigenvalue weighted by atomic mass is 10.3. The van der Waals surface area contributed by atoms with Crippen LogP contribution < -0.4 is 11.2 Å². The van der Waals surface area contributed by atoms with E-state index in [9.17, 15) is 14.4 Å². The summed E-state index contributed by atoms with van der Waals surface area (Å²) in [5.74, 6) is -0.254. The molecule has 0 bridgehead atoms. The standard InChI is InChI=1S/C11H15N3O5/c15-7-8-5-13(3-4-19-8)10(17)6-14-2-1-9(16)12-11(14)18/h1-2,8,15H,3-7H2,(H,12,16,18). The molecule has 8 nitrogen and oxygen atoms in total. The van der Waals surface area contributed by atoms with E-state index in [-0.39, 0.29) is 25.2 Å². The minimum Gasteiger partial charge on any atom is -0.394 e. The van der Waals surface area contributed by atoms with Crippen LogP contribution in [-0.2, 0) is 16.1 Å². The first-order chi connectivity index (χ1) is 9.10. The van der Waals surface area contributed by atoms with Gasteiger partial charge < -0.3 is 14.7 Å². The summed E-state index contributed by atoms with van der Waals surface area (Å²) < 4.78 is 6.37. The largest absolute Gasteiger partial charge is 0.394 e. The molecule has 2 rings (SSSR count). The van der Waals surface area contributed by atoms with Crippen LogP contribution in [0.25, 0.3) is 0 Å². The number of aromatic nitrogens is 2. The van der Waals surface area contributed by atoms with Crippen LogP contribution in [0.2, 0.25) is 0 Å². The SMILES string of the molecule is O=C(Cn1ccc(=O)[nH]c1=O)N1CCOC(CO)C1. The second kappa shape index (κ2) is 5.81. The first-order valence-electron chi connectivity index (χ1n) is 5.90. The van der Waals surface area contributed by atoms with Crippen molar-refractivity contribution in [3.63, 3.8) is 0 Å². The Labute approximate surface area is 108 Å². The summed E-state index contributed by atoms with van der Waals surface area (Å²) in [6.45, 7) is 0.786. The molecule has 0 radical (unpaired) electrons. The van der Waals surface area contributed by atoms with Crippen molar-refractivity contribution in [2.45, 2.75) is 12.6 Å². The highest BCUT2D eigenvalue weighted by atomic mass is 16.5. The topological polar surface area (TPSA) is 105 Å². The minimum absolute atomic E-state index is 0.145. The lowest BCUT2D eigenvalue weighted by molar-refractivity contribution is -0.140. The monoisotopic (exact) mass is 269 g/mol. The molecule has 1 aliphatic rings. The minimum atomic E-state index is -0.618. The number of aliphatic hydroxyl groups excluding tert-OH is 1. The van der Waals surface area contributed by atoms with Crippen LogP contribution >= 0.6 is 0 Å². The van der Waals surface area contributed by atoms with Crippen LogP contribution in [0.4, 0.5) is 0 Å². The summed E-state index contributed by atoms with van der Waals surface area (Å²) in [4.78, 5) is 38.0. The molecule has 8 heteroatoms. The molecule has 1 aromatic heterocycles. The van der Waals surface area contributed by atoms with E-state index < -0.39 is 11.2 Å². The van der Waals surface area contributed by atoms with Crippen LogP contribution in [0.15, 0.2) is 21.9 Å². The van der Waals surface area contributed by atoms with Crippen molar-refractivity contribution in [3.05, 3.63) is 33.1 Å². The predicted molar refractivity (Wildman–Crippen MR) is 64.7 cm³/mol. The number of morpholine rings is 1. The van der Waals surface area contributed by atoms with Gasteiger partial charge in [0.25, 0.3) is 5.56 Å². The van der Waals surface area contributed by atoms with Crippen LogP contribution in [0.1, 0.15) is 0 Å². The van der Waals surface area contributed by atoms with E-state index in [2.05, 4.69) is 4.98 Å². The van der Waals surface area contributed by atoms with E-state index in [1.165, 1.54) is 17.2 Å². The number of aromatic amines is 1. The summed E-state index contributed by atoms with van der Waals surface area (Å²) in [6, 6.07) is 1.19. The van der Waals surface area contributed by atoms with Crippen molar-refractivity contribution < 1.29 is 14.6 Å².